The van der Waals surface area contributed by atoms with Crippen LogP contribution in [-0.4, -0.2) is 25.1 Å². The molecule has 200 valence electrons. The molecule has 2 aliphatic carbocycles. The Labute approximate surface area is 235 Å². The van der Waals surface area contributed by atoms with Crippen LogP contribution >= 0.6 is 24.4 Å². The molecule has 0 aromatic heterocycles. The average Bonchev–Trinajstić information content (AvgIpc) is 3.79. The molecule has 0 saturated heterocycles. The highest BCUT2D eigenvalue weighted by atomic mass is 32.1. The number of anilines is 2. The number of aliphatic hydroxyl groups excluding tert-OH is 2. The predicted octanol–water partition coefficient (Wildman–Crippen LogP) is 6.70. The van der Waals surface area contributed by atoms with E-state index in [-0.39, 0.29) is 56.0 Å². The number of aliphatic hydroxyl groups is 2. The van der Waals surface area contributed by atoms with Crippen molar-refractivity contribution in [1.82, 2.24) is 0 Å². The van der Waals surface area contributed by atoms with Crippen molar-refractivity contribution in [1.29, 1.82) is 10.5 Å². The number of benzene rings is 2. The largest absolute Gasteiger partial charge is 0.511 e. The lowest BCUT2D eigenvalue weighted by atomic mass is 10.1. The number of aryl methyl sites for hydroxylation is 1. The van der Waals surface area contributed by atoms with E-state index in [1.807, 2.05) is 12.1 Å². The number of nitrogens with one attached hydrogen (secondary N) is 2. The number of nitriles is 2. The van der Waals surface area contributed by atoms with Gasteiger partial charge in [0.2, 0.25) is 0 Å². The third kappa shape index (κ3) is 8.04. The summed E-state index contributed by atoms with van der Waals surface area (Å²) in [5.74, 6) is -0.181. The number of hydrogen-bond acceptors (Lipinski definition) is 8. The van der Waals surface area contributed by atoms with E-state index in [1.165, 1.54) is 36.4 Å². The molecule has 0 heterocycles. The van der Waals surface area contributed by atoms with Crippen molar-refractivity contribution in [3.05, 3.63) is 86.6 Å². The van der Waals surface area contributed by atoms with Crippen LogP contribution in [0, 0.1) is 57.4 Å². The normalized spacial score (nSPS) is 15.2. The zero-order valence-electron chi connectivity index (χ0n) is 20.8. The summed E-state index contributed by atoms with van der Waals surface area (Å²) in [6.07, 6.45) is 3.49. The Bertz CT molecular complexity index is 1450. The minimum atomic E-state index is -0.461. The van der Waals surface area contributed by atoms with Crippen LogP contribution < -0.4 is 10.6 Å². The van der Waals surface area contributed by atoms with E-state index >= 15 is 0 Å². The lowest BCUT2D eigenvalue weighted by Crippen LogP contribution is -2.14. The molecule has 0 atom stereocenters. The molecule has 0 radical (unpaired) electrons. The van der Waals surface area contributed by atoms with Gasteiger partial charge in [-0.2, -0.15) is 10.5 Å². The highest BCUT2D eigenvalue weighted by Gasteiger charge is 2.30. The summed E-state index contributed by atoms with van der Waals surface area (Å²) in [7, 11) is 0. The highest BCUT2D eigenvalue weighted by Crippen LogP contribution is 2.37. The summed E-state index contributed by atoms with van der Waals surface area (Å²) in [5, 5.41) is 54.2. The summed E-state index contributed by atoms with van der Waals surface area (Å²) in [5.41, 5.74) is 1.78. The van der Waals surface area contributed by atoms with Gasteiger partial charge in [-0.3, -0.25) is 10.1 Å². The lowest BCUT2D eigenvalue weighted by Gasteiger charge is -2.09. The Morgan fingerprint density at radius 2 is 1.36 bits per heavy atom. The molecule has 0 spiro atoms. The molecule has 0 aliphatic heterocycles. The number of allylic oxidation sites excluding steroid dienone is 2. The van der Waals surface area contributed by atoms with Gasteiger partial charge in [-0.1, -0.05) is 24.4 Å². The predicted molar refractivity (Wildman–Crippen MR) is 153 cm³/mol. The lowest BCUT2D eigenvalue weighted by molar-refractivity contribution is -0.385. The van der Waals surface area contributed by atoms with Crippen molar-refractivity contribution in [2.75, 3.05) is 10.6 Å². The van der Waals surface area contributed by atoms with Crippen LogP contribution in [0.3, 0.4) is 0 Å². The standard InChI is InChI=1S/C14H13N3O3S.C13H11FN2OS/c1-8-6-10(4-5-12(8)17(19)20)16-14(21)11(7-15)13(18)9-2-3-9;14-9-3-5-10(6-4-9)16-13(18)11(7-15)12(17)8-1-2-8/h4-6,9,18H,2-3H2,1H3,(H,16,21);3-6,8,17H,1-2H2,(H,16,18)/b13-11+;12-11+. The van der Waals surface area contributed by atoms with Gasteiger partial charge in [0, 0.05) is 34.8 Å². The van der Waals surface area contributed by atoms with E-state index in [2.05, 4.69) is 10.6 Å². The monoisotopic (exact) mass is 565 g/mol. The number of nitro benzene ring substituents is 1. The molecule has 2 aromatic carbocycles. The Hall–Kier alpha value is -4.39. The minimum absolute atomic E-state index is 0.0170. The van der Waals surface area contributed by atoms with Gasteiger partial charge in [0.05, 0.1) is 4.92 Å². The molecular weight excluding hydrogens is 541 g/mol. The second-order valence-corrected chi connectivity index (χ2v) is 9.78. The van der Waals surface area contributed by atoms with Crippen LogP contribution in [0.15, 0.2) is 65.1 Å². The smallest absolute Gasteiger partial charge is 0.272 e. The van der Waals surface area contributed by atoms with Gasteiger partial charge in [0.15, 0.2) is 0 Å². The summed E-state index contributed by atoms with van der Waals surface area (Å²) in [6.45, 7) is 1.62. The van der Waals surface area contributed by atoms with E-state index in [4.69, 9.17) is 35.0 Å². The topological polar surface area (TPSA) is 155 Å². The number of halogens is 1. The van der Waals surface area contributed by atoms with Crippen molar-refractivity contribution in [3.8, 4) is 12.1 Å². The van der Waals surface area contributed by atoms with Crippen LogP contribution in [0.5, 0.6) is 0 Å². The molecule has 2 saturated carbocycles. The molecule has 2 fully saturated rings. The third-order valence-electron chi connectivity index (χ3n) is 5.87. The quantitative estimate of drug-likeness (QED) is 0.0711. The van der Waals surface area contributed by atoms with E-state index in [0.29, 0.717) is 16.9 Å². The molecule has 4 N–H and O–H groups in total. The number of nitro groups is 1. The minimum Gasteiger partial charge on any atom is -0.511 e. The Morgan fingerprint density at radius 1 is 0.923 bits per heavy atom. The molecule has 0 amide bonds. The third-order valence-corrected chi connectivity index (χ3v) is 6.48. The van der Waals surface area contributed by atoms with E-state index in [9.17, 15) is 24.7 Å². The number of thiocarbonyl (C=S) groups is 2. The van der Waals surface area contributed by atoms with Crippen molar-refractivity contribution in [3.63, 3.8) is 0 Å². The maximum atomic E-state index is 12.7. The Kier molecular flexibility index (Phi) is 9.66. The second kappa shape index (κ2) is 12.9. The van der Waals surface area contributed by atoms with Crippen molar-refractivity contribution >= 4 is 51.5 Å². The SMILES string of the molecule is Cc1cc(NC(=S)/C(C#N)=C(/O)C2CC2)ccc1[N+](=O)[O-].N#C/C(C(=S)Nc1ccc(F)cc1)=C(\O)C1CC1. The fraction of sp³-hybridized carbons (Fsp3) is 0.259. The van der Waals surface area contributed by atoms with Gasteiger partial charge < -0.3 is 20.8 Å². The van der Waals surface area contributed by atoms with Crippen LogP contribution in [0.1, 0.15) is 31.2 Å². The Morgan fingerprint density at radius 3 is 1.74 bits per heavy atom. The van der Waals surface area contributed by atoms with E-state index < -0.39 is 4.92 Å². The molecule has 4 rings (SSSR count). The van der Waals surface area contributed by atoms with Gasteiger partial charge in [0.25, 0.3) is 5.69 Å². The van der Waals surface area contributed by atoms with Gasteiger partial charge in [-0.05, 0) is 69.0 Å². The molecule has 12 heteroatoms. The molecule has 2 aliphatic rings. The van der Waals surface area contributed by atoms with Crippen LogP contribution in [0.2, 0.25) is 0 Å². The first-order chi connectivity index (χ1) is 18.5. The fourth-order valence-corrected chi connectivity index (χ4v) is 3.97. The van der Waals surface area contributed by atoms with Crippen molar-refractivity contribution in [2.24, 2.45) is 11.8 Å². The average molecular weight is 566 g/mol. The molecule has 39 heavy (non-hydrogen) atoms. The molecule has 0 unspecified atom stereocenters. The summed E-state index contributed by atoms with van der Waals surface area (Å²) in [4.78, 5) is 10.6. The van der Waals surface area contributed by atoms with E-state index in [0.717, 1.165) is 25.7 Å². The summed E-state index contributed by atoms with van der Waals surface area (Å²) < 4.78 is 12.7. The van der Waals surface area contributed by atoms with Crippen LogP contribution in [0.25, 0.3) is 0 Å². The van der Waals surface area contributed by atoms with E-state index in [1.54, 1.807) is 13.0 Å². The first-order valence-corrected chi connectivity index (χ1v) is 12.7. The summed E-state index contributed by atoms with van der Waals surface area (Å²) >= 11 is 10.2. The first kappa shape index (κ1) is 29.2. The van der Waals surface area contributed by atoms with Crippen molar-refractivity contribution in [2.45, 2.75) is 32.6 Å². The molecular formula is C27H24FN5O4S2. The number of nitrogens with zero attached hydrogens (tertiary/aromatic N) is 3. The fourth-order valence-electron chi connectivity index (χ4n) is 3.43. The Balaban J connectivity index is 0.000000218. The summed E-state index contributed by atoms with van der Waals surface area (Å²) in [6, 6.07) is 13.9. The first-order valence-electron chi connectivity index (χ1n) is 11.9. The van der Waals surface area contributed by atoms with Gasteiger partial charge in [-0.15, -0.1) is 0 Å². The molecule has 9 nitrogen and oxygen atoms in total. The second-order valence-electron chi connectivity index (χ2n) is 8.97. The zero-order valence-corrected chi connectivity index (χ0v) is 22.4. The maximum absolute atomic E-state index is 12.7. The number of hydrogen-bond donors (Lipinski definition) is 4. The van der Waals surface area contributed by atoms with Gasteiger partial charge >= 0.3 is 0 Å². The maximum Gasteiger partial charge on any atom is 0.272 e. The van der Waals surface area contributed by atoms with Gasteiger partial charge in [0.1, 0.15) is 50.6 Å². The highest BCUT2D eigenvalue weighted by molar-refractivity contribution is 7.81. The van der Waals surface area contributed by atoms with Crippen LogP contribution in [0.4, 0.5) is 21.5 Å². The van der Waals surface area contributed by atoms with Crippen LogP contribution in [-0.2, 0) is 0 Å². The zero-order chi connectivity index (χ0) is 28.7. The number of rotatable bonds is 7. The molecule has 0 bridgehead atoms. The van der Waals surface area contributed by atoms with Crippen molar-refractivity contribution < 1.29 is 19.5 Å². The van der Waals surface area contributed by atoms with Gasteiger partial charge in [-0.25, -0.2) is 4.39 Å². The molecule has 2 aromatic rings.